The van der Waals surface area contributed by atoms with Crippen molar-refractivity contribution in [2.24, 2.45) is 0 Å². The first-order valence-corrected chi connectivity index (χ1v) is 6.84. The first-order valence-electron chi connectivity index (χ1n) is 6.84. The second-order valence-electron chi connectivity index (χ2n) is 4.51. The van der Waals surface area contributed by atoms with E-state index < -0.39 is 6.09 Å². The standard InChI is InChI=1S/C16H20N2O3/c1-3-4-5-6-7-8-15(19)17-13-9-11-14(12-10-13)18-16(20)21-2/h1,9-12H,4-8H2,2H3,(H,17,19)(H,18,20). The first kappa shape index (κ1) is 16.6. The maximum atomic E-state index is 11.7. The lowest BCUT2D eigenvalue weighted by atomic mass is 10.1. The highest BCUT2D eigenvalue weighted by Crippen LogP contribution is 2.14. The smallest absolute Gasteiger partial charge is 0.411 e. The zero-order chi connectivity index (χ0) is 15.5. The molecule has 5 nitrogen and oxygen atoms in total. The number of rotatable bonds is 7. The molecule has 1 rings (SSSR count). The van der Waals surface area contributed by atoms with E-state index in [0.29, 0.717) is 17.8 Å². The van der Waals surface area contributed by atoms with E-state index in [1.54, 1.807) is 24.3 Å². The number of nitrogens with one attached hydrogen (secondary N) is 2. The quantitative estimate of drug-likeness (QED) is 0.597. The number of ether oxygens (including phenoxy) is 1. The van der Waals surface area contributed by atoms with Crippen LogP contribution in [0.3, 0.4) is 0 Å². The van der Waals surface area contributed by atoms with Gasteiger partial charge in [-0.1, -0.05) is 6.42 Å². The Hall–Kier alpha value is -2.48. The molecule has 0 bridgehead atoms. The average molecular weight is 288 g/mol. The molecule has 1 aromatic rings. The van der Waals surface area contributed by atoms with Crippen molar-refractivity contribution in [2.45, 2.75) is 32.1 Å². The van der Waals surface area contributed by atoms with E-state index in [2.05, 4.69) is 21.3 Å². The molecule has 0 aliphatic heterocycles. The molecular formula is C16H20N2O3. The van der Waals surface area contributed by atoms with Gasteiger partial charge >= 0.3 is 6.09 Å². The molecule has 0 unspecified atom stereocenters. The van der Waals surface area contributed by atoms with Crippen LogP contribution in [0.1, 0.15) is 32.1 Å². The largest absolute Gasteiger partial charge is 0.453 e. The minimum absolute atomic E-state index is 0.0237. The van der Waals surface area contributed by atoms with Crippen LogP contribution in [0.2, 0.25) is 0 Å². The van der Waals surface area contributed by atoms with E-state index in [4.69, 9.17) is 6.42 Å². The fourth-order valence-electron chi connectivity index (χ4n) is 1.72. The van der Waals surface area contributed by atoms with Crippen molar-refractivity contribution in [3.8, 4) is 12.3 Å². The van der Waals surface area contributed by atoms with Crippen LogP contribution in [0.15, 0.2) is 24.3 Å². The topological polar surface area (TPSA) is 67.4 Å². The van der Waals surface area contributed by atoms with Crippen LogP contribution in [-0.2, 0) is 9.53 Å². The number of carbonyl (C=O) groups is 2. The molecule has 0 saturated heterocycles. The summed E-state index contributed by atoms with van der Waals surface area (Å²) in [5.74, 6) is 2.56. The van der Waals surface area contributed by atoms with Gasteiger partial charge in [-0.05, 0) is 37.1 Å². The Labute approximate surface area is 125 Å². The Morgan fingerprint density at radius 3 is 2.29 bits per heavy atom. The highest BCUT2D eigenvalue weighted by molar-refractivity contribution is 5.91. The van der Waals surface area contributed by atoms with Gasteiger partial charge < -0.3 is 10.1 Å². The van der Waals surface area contributed by atoms with Gasteiger partial charge in [-0.2, -0.15) is 0 Å². The van der Waals surface area contributed by atoms with Gasteiger partial charge in [0.25, 0.3) is 0 Å². The van der Waals surface area contributed by atoms with Crippen molar-refractivity contribution < 1.29 is 14.3 Å². The van der Waals surface area contributed by atoms with Gasteiger partial charge in [0.15, 0.2) is 0 Å². The third-order valence-electron chi connectivity index (χ3n) is 2.83. The molecular weight excluding hydrogens is 268 g/mol. The number of hydrogen-bond acceptors (Lipinski definition) is 3. The summed E-state index contributed by atoms with van der Waals surface area (Å²) in [7, 11) is 1.30. The fraction of sp³-hybridized carbons (Fsp3) is 0.375. The normalized spacial score (nSPS) is 9.52. The van der Waals surface area contributed by atoms with E-state index in [1.165, 1.54) is 7.11 Å². The molecule has 0 radical (unpaired) electrons. The summed E-state index contributed by atoms with van der Waals surface area (Å²) in [6.45, 7) is 0. The Morgan fingerprint density at radius 2 is 1.71 bits per heavy atom. The van der Waals surface area contributed by atoms with E-state index >= 15 is 0 Å². The molecule has 0 atom stereocenters. The maximum absolute atomic E-state index is 11.7. The van der Waals surface area contributed by atoms with Crippen molar-refractivity contribution in [1.82, 2.24) is 0 Å². The van der Waals surface area contributed by atoms with Crippen LogP contribution in [0.4, 0.5) is 16.2 Å². The lowest BCUT2D eigenvalue weighted by molar-refractivity contribution is -0.116. The lowest BCUT2D eigenvalue weighted by Crippen LogP contribution is -2.12. The molecule has 0 spiro atoms. The molecule has 0 fully saturated rings. The van der Waals surface area contributed by atoms with Crippen LogP contribution in [0.5, 0.6) is 0 Å². The molecule has 2 amide bonds. The number of benzene rings is 1. The molecule has 0 saturated carbocycles. The Bertz CT molecular complexity index is 503. The zero-order valence-electron chi connectivity index (χ0n) is 12.1. The molecule has 21 heavy (non-hydrogen) atoms. The zero-order valence-corrected chi connectivity index (χ0v) is 12.1. The summed E-state index contributed by atoms with van der Waals surface area (Å²) >= 11 is 0. The predicted molar refractivity (Wildman–Crippen MR) is 83.0 cm³/mol. The van der Waals surface area contributed by atoms with Crippen molar-refractivity contribution in [2.75, 3.05) is 17.7 Å². The number of anilines is 2. The first-order chi connectivity index (χ1) is 10.2. The number of terminal acetylenes is 1. The van der Waals surface area contributed by atoms with Crippen molar-refractivity contribution in [3.05, 3.63) is 24.3 Å². The van der Waals surface area contributed by atoms with Gasteiger partial charge in [-0.3, -0.25) is 10.1 Å². The number of methoxy groups -OCH3 is 1. The van der Waals surface area contributed by atoms with Crippen molar-refractivity contribution in [1.29, 1.82) is 0 Å². The van der Waals surface area contributed by atoms with Crippen LogP contribution < -0.4 is 10.6 Å². The van der Waals surface area contributed by atoms with E-state index in [1.807, 2.05) is 0 Å². The molecule has 2 N–H and O–H groups in total. The monoisotopic (exact) mass is 288 g/mol. The Balaban J connectivity index is 2.33. The number of carbonyl (C=O) groups excluding carboxylic acids is 2. The van der Waals surface area contributed by atoms with Gasteiger partial charge in [0, 0.05) is 24.2 Å². The van der Waals surface area contributed by atoms with E-state index in [0.717, 1.165) is 25.7 Å². The minimum atomic E-state index is -0.529. The third kappa shape index (κ3) is 7.02. The summed E-state index contributed by atoms with van der Waals surface area (Å²) in [6.07, 6.45) is 8.61. The molecule has 0 heterocycles. The van der Waals surface area contributed by atoms with Crippen LogP contribution in [0, 0.1) is 12.3 Å². The summed E-state index contributed by atoms with van der Waals surface area (Å²) in [5, 5.41) is 5.34. The number of unbranched alkanes of at least 4 members (excludes halogenated alkanes) is 3. The molecule has 5 heteroatoms. The van der Waals surface area contributed by atoms with Gasteiger partial charge in [0.1, 0.15) is 0 Å². The summed E-state index contributed by atoms with van der Waals surface area (Å²) in [4.78, 5) is 22.7. The highest BCUT2D eigenvalue weighted by atomic mass is 16.5. The van der Waals surface area contributed by atoms with Crippen LogP contribution in [-0.4, -0.2) is 19.1 Å². The van der Waals surface area contributed by atoms with E-state index in [9.17, 15) is 9.59 Å². The second-order valence-corrected chi connectivity index (χ2v) is 4.51. The average Bonchev–Trinajstić information content (AvgIpc) is 2.49. The summed E-state index contributed by atoms with van der Waals surface area (Å²) in [5.41, 5.74) is 1.30. The predicted octanol–water partition coefficient (Wildman–Crippen LogP) is 3.39. The molecule has 0 aliphatic rings. The maximum Gasteiger partial charge on any atom is 0.411 e. The number of hydrogen-bond donors (Lipinski definition) is 2. The van der Waals surface area contributed by atoms with Gasteiger partial charge in [-0.25, -0.2) is 4.79 Å². The fourth-order valence-corrected chi connectivity index (χ4v) is 1.72. The molecule has 112 valence electrons. The van der Waals surface area contributed by atoms with Crippen LogP contribution >= 0.6 is 0 Å². The lowest BCUT2D eigenvalue weighted by Gasteiger charge is -2.07. The van der Waals surface area contributed by atoms with Crippen LogP contribution in [0.25, 0.3) is 0 Å². The summed E-state index contributed by atoms with van der Waals surface area (Å²) in [6, 6.07) is 6.84. The molecule has 1 aromatic carbocycles. The van der Waals surface area contributed by atoms with Gasteiger partial charge in [0.05, 0.1) is 7.11 Å². The number of amides is 2. The molecule has 0 aliphatic carbocycles. The minimum Gasteiger partial charge on any atom is -0.453 e. The Morgan fingerprint density at radius 1 is 1.10 bits per heavy atom. The Kier molecular flexibility index (Phi) is 7.44. The summed E-state index contributed by atoms with van der Waals surface area (Å²) < 4.78 is 4.49. The van der Waals surface area contributed by atoms with Crippen molar-refractivity contribution in [3.63, 3.8) is 0 Å². The SMILES string of the molecule is C#CCCCCCC(=O)Nc1ccc(NC(=O)OC)cc1. The van der Waals surface area contributed by atoms with Gasteiger partial charge in [-0.15, -0.1) is 12.3 Å². The third-order valence-corrected chi connectivity index (χ3v) is 2.83. The van der Waals surface area contributed by atoms with Gasteiger partial charge in [0.2, 0.25) is 5.91 Å². The van der Waals surface area contributed by atoms with Crippen molar-refractivity contribution >= 4 is 23.4 Å². The second kappa shape index (κ2) is 9.43. The highest BCUT2D eigenvalue weighted by Gasteiger charge is 2.03. The molecule has 0 aromatic heterocycles. The van der Waals surface area contributed by atoms with E-state index in [-0.39, 0.29) is 5.91 Å².